The molecule has 5 heteroatoms. The Morgan fingerprint density at radius 1 is 1.47 bits per heavy atom. The molecular weight excluding hydrogens is 283 g/mol. The largest absolute Gasteiger partial charge is 0.463 e. The Bertz CT molecular complexity index is 404. The summed E-state index contributed by atoms with van der Waals surface area (Å²) in [5, 5.41) is 0.519. The minimum Gasteiger partial charge on any atom is -0.463 e. The number of hydrogen-bond acceptors (Lipinski definition) is 3. The van der Waals surface area contributed by atoms with Crippen molar-refractivity contribution in [2.45, 2.75) is 6.42 Å². The molecule has 0 N–H and O–H groups in total. The molecular formula is C10H8BrClO3. The maximum Gasteiger partial charge on any atom is 0.374 e. The van der Waals surface area contributed by atoms with Crippen LogP contribution in [0.15, 0.2) is 22.7 Å². The average Bonchev–Trinajstić information content (AvgIpc) is 2.22. The van der Waals surface area contributed by atoms with Gasteiger partial charge in [0.2, 0.25) is 5.78 Å². The van der Waals surface area contributed by atoms with E-state index in [2.05, 4.69) is 20.7 Å². The zero-order valence-electron chi connectivity index (χ0n) is 7.92. The summed E-state index contributed by atoms with van der Waals surface area (Å²) < 4.78 is 5.06. The summed E-state index contributed by atoms with van der Waals surface area (Å²) in [6, 6.07) is 5.05. The second kappa shape index (κ2) is 5.28. The van der Waals surface area contributed by atoms with Crippen LogP contribution in [-0.2, 0) is 20.7 Å². The summed E-state index contributed by atoms with van der Waals surface area (Å²) in [5.74, 6) is -1.44. The molecule has 0 aliphatic rings. The lowest BCUT2D eigenvalue weighted by Crippen LogP contribution is -2.17. The lowest BCUT2D eigenvalue weighted by atomic mass is 10.1. The molecule has 0 atom stereocenters. The maximum atomic E-state index is 11.3. The molecule has 3 nitrogen and oxygen atoms in total. The molecule has 0 radical (unpaired) electrons. The fourth-order valence-corrected chi connectivity index (χ4v) is 1.62. The van der Waals surface area contributed by atoms with Crippen molar-refractivity contribution in [2.75, 3.05) is 7.11 Å². The molecule has 0 saturated heterocycles. The van der Waals surface area contributed by atoms with Crippen molar-refractivity contribution in [3.63, 3.8) is 0 Å². The van der Waals surface area contributed by atoms with E-state index in [0.29, 0.717) is 10.6 Å². The van der Waals surface area contributed by atoms with Crippen molar-refractivity contribution in [3.8, 4) is 0 Å². The van der Waals surface area contributed by atoms with Gasteiger partial charge in [0.1, 0.15) is 0 Å². The number of ketones is 1. The highest BCUT2D eigenvalue weighted by Gasteiger charge is 2.15. The Labute approximate surface area is 100 Å². The first-order chi connectivity index (χ1) is 7.04. The third-order valence-electron chi connectivity index (χ3n) is 1.77. The molecule has 0 unspecified atom stereocenters. The number of methoxy groups -OCH3 is 1. The molecule has 0 amide bonds. The van der Waals surface area contributed by atoms with E-state index in [1.165, 1.54) is 7.11 Å². The summed E-state index contributed by atoms with van der Waals surface area (Å²) in [5.41, 5.74) is 0.665. The molecule has 0 aromatic heterocycles. The average molecular weight is 292 g/mol. The van der Waals surface area contributed by atoms with Crippen LogP contribution < -0.4 is 0 Å². The van der Waals surface area contributed by atoms with Crippen LogP contribution in [0.4, 0.5) is 0 Å². The number of halogens is 2. The van der Waals surface area contributed by atoms with Gasteiger partial charge in [0.15, 0.2) is 0 Å². The van der Waals surface area contributed by atoms with Crippen molar-refractivity contribution in [2.24, 2.45) is 0 Å². The third kappa shape index (κ3) is 3.32. The van der Waals surface area contributed by atoms with Gasteiger partial charge >= 0.3 is 5.97 Å². The van der Waals surface area contributed by atoms with E-state index in [1.807, 2.05) is 0 Å². The van der Waals surface area contributed by atoms with Gasteiger partial charge < -0.3 is 4.74 Å². The predicted molar refractivity (Wildman–Crippen MR) is 59.9 cm³/mol. The minimum absolute atomic E-state index is 0.0200. The van der Waals surface area contributed by atoms with Crippen LogP contribution in [0.1, 0.15) is 5.56 Å². The van der Waals surface area contributed by atoms with E-state index in [0.717, 1.165) is 4.47 Å². The molecule has 0 fully saturated rings. The lowest BCUT2D eigenvalue weighted by Gasteiger charge is -2.03. The highest BCUT2D eigenvalue weighted by Crippen LogP contribution is 2.21. The normalized spacial score (nSPS) is 9.80. The van der Waals surface area contributed by atoms with Gasteiger partial charge in [0, 0.05) is 15.9 Å². The number of carbonyl (C=O) groups excluding carboxylic acids is 2. The predicted octanol–water partition coefficient (Wildman–Crippen LogP) is 2.39. The molecule has 0 bridgehead atoms. The molecule has 80 valence electrons. The SMILES string of the molecule is COC(=O)C(=O)Cc1cc(Cl)ccc1Br. The molecule has 0 aliphatic carbocycles. The summed E-state index contributed by atoms with van der Waals surface area (Å²) >= 11 is 9.03. The highest BCUT2D eigenvalue weighted by molar-refractivity contribution is 9.10. The van der Waals surface area contributed by atoms with E-state index < -0.39 is 11.8 Å². The van der Waals surface area contributed by atoms with Crippen molar-refractivity contribution in [1.82, 2.24) is 0 Å². The van der Waals surface area contributed by atoms with Crippen LogP contribution >= 0.6 is 27.5 Å². The topological polar surface area (TPSA) is 43.4 Å². The quantitative estimate of drug-likeness (QED) is 0.634. The van der Waals surface area contributed by atoms with E-state index >= 15 is 0 Å². The third-order valence-corrected chi connectivity index (χ3v) is 2.78. The smallest absolute Gasteiger partial charge is 0.374 e. The highest BCUT2D eigenvalue weighted by atomic mass is 79.9. The first-order valence-electron chi connectivity index (χ1n) is 4.09. The summed E-state index contributed by atoms with van der Waals surface area (Å²) in [4.78, 5) is 22.2. The number of Topliss-reactive ketones (excluding diaryl/α,β-unsaturated/α-hetero) is 1. The number of hydrogen-bond donors (Lipinski definition) is 0. The Morgan fingerprint density at radius 2 is 2.13 bits per heavy atom. The van der Waals surface area contributed by atoms with Gasteiger partial charge in [-0.15, -0.1) is 0 Å². The summed E-state index contributed by atoms with van der Waals surface area (Å²) in [7, 11) is 1.17. The van der Waals surface area contributed by atoms with Gasteiger partial charge in [0.05, 0.1) is 7.11 Å². The van der Waals surface area contributed by atoms with Crippen LogP contribution in [0.25, 0.3) is 0 Å². The van der Waals surface area contributed by atoms with E-state index in [9.17, 15) is 9.59 Å². The zero-order chi connectivity index (χ0) is 11.4. The number of esters is 1. The maximum absolute atomic E-state index is 11.3. The fraction of sp³-hybridized carbons (Fsp3) is 0.200. The van der Waals surface area contributed by atoms with Crippen LogP contribution in [-0.4, -0.2) is 18.9 Å². The van der Waals surface area contributed by atoms with Crippen molar-refractivity contribution in [1.29, 1.82) is 0 Å². The Morgan fingerprint density at radius 3 is 2.73 bits per heavy atom. The van der Waals surface area contributed by atoms with Crippen LogP contribution in [0.5, 0.6) is 0 Å². The van der Waals surface area contributed by atoms with Crippen molar-refractivity contribution < 1.29 is 14.3 Å². The van der Waals surface area contributed by atoms with Gasteiger partial charge in [-0.3, -0.25) is 4.79 Å². The van der Waals surface area contributed by atoms with Crippen LogP contribution in [0, 0.1) is 0 Å². The van der Waals surface area contributed by atoms with Gasteiger partial charge in [-0.1, -0.05) is 27.5 Å². The van der Waals surface area contributed by atoms with Crippen LogP contribution in [0.2, 0.25) is 5.02 Å². The van der Waals surface area contributed by atoms with Gasteiger partial charge in [-0.05, 0) is 23.8 Å². The molecule has 0 aliphatic heterocycles. The molecule has 1 aromatic carbocycles. The first-order valence-corrected chi connectivity index (χ1v) is 5.26. The second-order valence-electron chi connectivity index (χ2n) is 2.83. The molecule has 0 spiro atoms. The zero-order valence-corrected chi connectivity index (χ0v) is 10.3. The molecule has 1 aromatic rings. The standard InChI is InChI=1S/C10H8BrClO3/c1-15-10(14)9(13)5-6-4-7(12)2-3-8(6)11/h2-4H,5H2,1H3. The van der Waals surface area contributed by atoms with E-state index in [-0.39, 0.29) is 6.42 Å². The molecule has 0 saturated carbocycles. The van der Waals surface area contributed by atoms with Crippen molar-refractivity contribution in [3.05, 3.63) is 33.3 Å². The number of ether oxygens (including phenoxy) is 1. The number of benzene rings is 1. The monoisotopic (exact) mass is 290 g/mol. The number of rotatable bonds is 3. The Balaban J connectivity index is 2.85. The first kappa shape index (κ1) is 12.2. The van der Waals surface area contributed by atoms with E-state index in [4.69, 9.17) is 11.6 Å². The number of carbonyl (C=O) groups is 2. The molecule has 15 heavy (non-hydrogen) atoms. The molecule has 0 heterocycles. The van der Waals surface area contributed by atoms with Gasteiger partial charge in [-0.25, -0.2) is 4.79 Å². The van der Waals surface area contributed by atoms with Crippen LogP contribution in [0.3, 0.4) is 0 Å². The van der Waals surface area contributed by atoms with Crippen molar-refractivity contribution >= 4 is 39.3 Å². The minimum atomic E-state index is -0.845. The summed E-state index contributed by atoms with van der Waals surface area (Å²) in [6.45, 7) is 0. The van der Waals surface area contributed by atoms with Gasteiger partial charge in [-0.2, -0.15) is 0 Å². The second-order valence-corrected chi connectivity index (χ2v) is 4.12. The lowest BCUT2D eigenvalue weighted by molar-refractivity contribution is -0.151. The Kier molecular flexibility index (Phi) is 4.29. The van der Waals surface area contributed by atoms with Gasteiger partial charge in [0.25, 0.3) is 0 Å². The fourth-order valence-electron chi connectivity index (χ4n) is 1.04. The Hall–Kier alpha value is -0.870. The van der Waals surface area contributed by atoms with E-state index in [1.54, 1.807) is 18.2 Å². The summed E-state index contributed by atoms with van der Waals surface area (Å²) in [6.07, 6.45) is -0.0200. The molecule has 1 rings (SSSR count).